The first-order valence-electron chi connectivity index (χ1n) is 6.79. The van der Waals surface area contributed by atoms with Crippen molar-refractivity contribution >= 4 is 5.96 Å². The van der Waals surface area contributed by atoms with Crippen molar-refractivity contribution < 1.29 is 5.11 Å². The van der Waals surface area contributed by atoms with E-state index < -0.39 is 6.10 Å². The maximum atomic E-state index is 10.0. The van der Waals surface area contributed by atoms with E-state index in [-0.39, 0.29) is 0 Å². The minimum atomic E-state index is -0.622. The Morgan fingerprint density at radius 2 is 2.32 bits per heavy atom. The van der Waals surface area contributed by atoms with Gasteiger partial charge in [0.05, 0.1) is 12.6 Å². The molecule has 1 aromatic rings. The molecule has 1 aromatic heterocycles. The Labute approximate surface area is 114 Å². The first kappa shape index (κ1) is 13.8. The Bertz CT molecular complexity index is 421. The molecular formula is C14H22N4O. The third-order valence-electron chi connectivity index (χ3n) is 3.50. The van der Waals surface area contributed by atoms with Crippen LogP contribution in [0.15, 0.2) is 29.5 Å². The number of nitrogens with two attached hydrogens (primary N) is 1. The SMILES string of the molecule is CC1CCCN(C(N)=NCC(O)c2ccncc2)C1. The number of aliphatic hydroxyl groups is 1. The maximum absolute atomic E-state index is 10.0. The predicted molar refractivity (Wildman–Crippen MR) is 75.7 cm³/mol. The quantitative estimate of drug-likeness (QED) is 0.633. The Morgan fingerprint density at radius 3 is 3.00 bits per heavy atom. The second-order valence-corrected chi connectivity index (χ2v) is 5.19. The summed E-state index contributed by atoms with van der Waals surface area (Å²) >= 11 is 0. The lowest BCUT2D eigenvalue weighted by atomic mass is 10.0. The van der Waals surface area contributed by atoms with E-state index in [1.54, 1.807) is 24.5 Å². The molecule has 1 fully saturated rings. The first-order valence-corrected chi connectivity index (χ1v) is 6.79. The number of hydrogen-bond acceptors (Lipinski definition) is 3. The van der Waals surface area contributed by atoms with Gasteiger partial charge in [-0.2, -0.15) is 0 Å². The first-order chi connectivity index (χ1) is 9.16. The van der Waals surface area contributed by atoms with Crippen LogP contribution in [0.3, 0.4) is 0 Å². The number of pyridine rings is 1. The second kappa shape index (κ2) is 6.52. The highest BCUT2D eigenvalue weighted by atomic mass is 16.3. The molecule has 1 saturated heterocycles. The molecule has 19 heavy (non-hydrogen) atoms. The summed E-state index contributed by atoms with van der Waals surface area (Å²) in [6.07, 6.45) is 5.12. The van der Waals surface area contributed by atoms with Gasteiger partial charge < -0.3 is 15.7 Å². The molecule has 5 heteroatoms. The second-order valence-electron chi connectivity index (χ2n) is 5.19. The molecule has 3 N–H and O–H groups in total. The molecule has 2 heterocycles. The monoisotopic (exact) mass is 262 g/mol. The highest BCUT2D eigenvalue weighted by Gasteiger charge is 2.17. The van der Waals surface area contributed by atoms with Gasteiger partial charge in [-0.3, -0.25) is 9.98 Å². The van der Waals surface area contributed by atoms with Crippen molar-refractivity contribution in [3.8, 4) is 0 Å². The van der Waals surface area contributed by atoms with Crippen LogP contribution in [0, 0.1) is 5.92 Å². The van der Waals surface area contributed by atoms with E-state index in [4.69, 9.17) is 5.73 Å². The van der Waals surface area contributed by atoms with Crippen molar-refractivity contribution in [2.75, 3.05) is 19.6 Å². The van der Waals surface area contributed by atoms with Crippen LogP contribution in [-0.4, -0.2) is 40.6 Å². The van der Waals surface area contributed by atoms with Gasteiger partial charge >= 0.3 is 0 Å². The van der Waals surface area contributed by atoms with E-state index in [2.05, 4.69) is 21.8 Å². The smallest absolute Gasteiger partial charge is 0.191 e. The average Bonchev–Trinajstić information content (AvgIpc) is 2.45. The summed E-state index contributed by atoms with van der Waals surface area (Å²) < 4.78 is 0. The lowest BCUT2D eigenvalue weighted by Gasteiger charge is -2.31. The molecule has 0 spiro atoms. The van der Waals surface area contributed by atoms with Crippen LogP contribution in [0.4, 0.5) is 0 Å². The topological polar surface area (TPSA) is 74.7 Å². The van der Waals surface area contributed by atoms with Crippen LogP contribution in [0.5, 0.6) is 0 Å². The molecule has 0 saturated carbocycles. The van der Waals surface area contributed by atoms with Gasteiger partial charge in [0.1, 0.15) is 0 Å². The fraction of sp³-hybridized carbons (Fsp3) is 0.571. The molecule has 0 bridgehead atoms. The van der Waals surface area contributed by atoms with E-state index in [9.17, 15) is 5.11 Å². The lowest BCUT2D eigenvalue weighted by Crippen LogP contribution is -2.43. The number of aliphatic imine (C=N–C) groups is 1. The zero-order valence-electron chi connectivity index (χ0n) is 11.4. The van der Waals surface area contributed by atoms with Crippen LogP contribution in [0.25, 0.3) is 0 Å². The zero-order chi connectivity index (χ0) is 13.7. The van der Waals surface area contributed by atoms with Crippen LogP contribution < -0.4 is 5.73 Å². The van der Waals surface area contributed by atoms with Gasteiger partial charge in [0.25, 0.3) is 0 Å². The van der Waals surface area contributed by atoms with Crippen molar-refractivity contribution in [2.45, 2.75) is 25.9 Å². The largest absolute Gasteiger partial charge is 0.386 e. The summed E-state index contributed by atoms with van der Waals surface area (Å²) in [5.74, 6) is 1.20. The number of hydrogen-bond donors (Lipinski definition) is 2. The number of aromatic nitrogens is 1. The zero-order valence-corrected chi connectivity index (χ0v) is 11.4. The summed E-state index contributed by atoms with van der Waals surface area (Å²) in [6, 6.07) is 3.58. The summed E-state index contributed by atoms with van der Waals surface area (Å²) in [5.41, 5.74) is 6.81. The van der Waals surface area contributed by atoms with Crippen molar-refractivity contribution in [2.24, 2.45) is 16.6 Å². The van der Waals surface area contributed by atoms with Crippen LogP contribution in [0.2, 0.25) is 0 Å². The minimum Gasteiger partial charge on any atom is -0.386 e. The van der Waals surface area contributed by atoms with E-state index in [1.165, 1.54) is 6.42 Å². The molecular weight excluding hydrogens is 240 g/mol. The van der Waals surface area contributed by atoms with Crippen LogP contribution in [-0.2, 0) is 0 Å². The maximum Gasteiger partial charge on any atom is 0.191 e. The van der Waals surface area contributed by atoms with Gasteiger partial charge in [0.2, 0.25) is 0 Å². The highest BCUT2D eigenvalue weighted by Crippen LogP contribution is 2.16. The lowest BCUT2D eigenvalue weighted by molar-refractivity contribution is 0.186. The van der Waals surface area contributed by atoms with Gasteiger partial charge in [0, 0.05) is 25.5 Å². The predicted octanol–water partition coefficient (Wildman–Crippen LogP) is 1.16. The van der Waals surface area contributed by atoms with Gasteiger partial charge in [0.15, 0.2) is 5.96 Å². The molecule has 2 rings (SSSR count). The molecule has 1 aliphatic rings. The van der Waals surface area contributed by atoms with E-state index in [1.807, 2.05) is 0 Å². The summed E-state index contributed by atoms with van der Waals surface area (Å²) in [6.45, 7) is 4.44. The summed E-state index contributed by atoms with van der Waals surface area (Å²) in [7, 11) is 0. The Morgan fingerprint density at radius 1 is 1.58 bits per heavy atom. The van der Waals surface area contributed by atoms with Crippen molar-refractivity contribution in [3.63, 3.8) is 0 Å². The minimum absolute atomic E-state index is 0.292. The number of rotatable bonds is 3. The van der Waals surface area contributed by atoms with Gasteiger partial charge in [-0.25, -0.2) is 0 Å². The fourth-order valence-corrected chi connectivity index (χ4v) is 2.37. The number of piperidine rings is 1. The van der Waals surface area contributed by atoms with Gasteiger partial charge in [-0.05, 0) is 36.5 Å². The van der Waals surface area contributed by atoms with Gasteiger partial charge in [-0.1, -0.05) is 6.92 Å². The molecule has 2 atom stereocenters. The van der Waals surface area contributed by atoms with Gasteiger partial charge in [-0.15, -0.1) is 0 Å². The average molecular weight is 262 g/mol. The molecule has 2 unspecified atom stereocenters. The van der Waals surface area contributed by atoms with Crippen molar-refractivity contribution in [1.82, 2.24) is 9.88 Å². The number of aliphatic hydroxyl groups excluding tert-OH is 1. The Balaban J connectivity index is 1.90. The molecule has 0 aliphatic carbocycles. The third kappa shape index (κ3) is 3.92. The number of nitrogens with zero attached hydrogens (tertiary/aromatic N) is 3. The van der Waals surface area contributed by atoms with Crippen LogP contribution in [0.1, 0.15) is 31.4 Å². The third-order valence-corrected chi connectivity index (χ3v) is 3.50. The molecule has 1 aliphatic heterocycles. The molecule has 0 aromatic carbocycles. The van der Waals surface area contributed by atoms with E-state index in [0.29, 0.717) is 18.4 Å². The Hall–Kier alpha value is -1.62. The molecule has 0 radical (unpaired) electrons. The highest BCUT2D eigenvalue weighted by molar-refractivity contribution is 5.78. The van der Waals surface area contributed by atoms with Crippen molar-refractivity contribution in [1.29, 1.82) is 0 Å². The van der Waals surface area contributed by atoms with Crippen LogP contribution >= 0.6 is 0 Å². The van der Waals surface area contributed by atoms with E-state index >= 15 is 0 Å². The fourth-order valence-electron chi connectivity index (χ4n) is 2.37. The summed E-state index contributed by atoms with van der Waals surface area (Å²) in [4.78, 5) is 10.3. The normalized spacial score (nSPS) is 22.3. The molecule has 5 nitrogen and oxygen atoms in total. The molecule has 0 amide bonds. The molecule has 104 valence electrons. The Kier molecular flexibility index (Phi) is 4.74. The standard InChI is InChI=1S/C14H22N4O/c1-11-3-2-8-18(10-11)14(15)17-9-13(19)12-4-6-16-7-5-12/h4-7,11,13,19H,2-3,8-10H2,1H3,(H2,15,17). The number of guanidine groups is 1. The number of likely N-dealkylation sites (tertiary alicyclic amines) is 1. The summed E-state index contributed by atoms with van der Waals surface area (Å²) in [5, 5.41) is 10.0. The van der Waals surface area contributed by atoms with E-state index in [0.717, 1.165) is 25.1 Å². The van der Waals surface area contributed by atoms with Crippen molar-refractivity contribution in [3.05, 3.63) is 30.1 Å².